The van der Waals surface area contributed by atoms with Crippen molar-refractivity contribution in [2.24, 2.45) is 5.92 Å². The quantitative estimate of drug-likeness (QED) is 0.733. The van der Waals surface area contributed by atoms with Crippen molar-refractivity contribution in [1.29, 1.82) is 0 Å². The lowest BCUT2D eigenvalue weighted by molar-refractivity contribution is -0.137. The number of piperidine rings is 1. The van der Waals surface area contributed by atoms with Gasteiger partial charge in [0.1, 0.15) is 0 Å². The number of unbranched alkanes of at least 4 members (excludes halogenated alkanes) is 1. The highest BCUT2D eigenvalue weighted by Gasteiger charge is 2.49. The topological polar surface area (TPSA) is 71.0 Å². The van der Waals surface area contributed by atoms with Gasteiger partial charge < -0.3 is 19.9 Å². The number of hydrogen-bond donors (Lipinski definition) is 2. The molecule has 2 heterocycles. The molecule has 2 aliphatic heterocycles. The van der Waals surface area contributed by atoms with Crippen molar-refractivity contribution in [2.45, 2.75) is 63.5 Å². The van der Waals surface area contributed by atoms with Crippen LogP contribution in [0.5, 0.6) is 11.5 Å². The van der Waals surface area contributed by atoms with E-state index < -0.39 is 5.60 Å². The van der Waals surface area contributed by atoms with E-state index in [1.807, 2.05) is 12.1 Å². The number of ether oxygens (including phenoxy) is 2. The molecule has 1 saturated carbocycles. The molecule has 1 saturated heterocycles. The Labute approximate surface area is 167 Å². The number of carbonyl (C=O) groups excluding carboxylic acids is 1. The molecule has 1 aromatic rings. The maximum Gasteiger partial charge on any atom is 0.234 e. The molecule has 0 radical (unpaired) electrons. The van der Waals surface area contributed by atoms with Crippen molar-refractivity contribution in [1.82, 2.24) is 10.2 Å². The molecule has 0 spiro atoms. The van der Waals surface area contributed by atoms with E-state index >= 15 is 0 Å². The average molecular weight is 389 g/mol. The third kappa shape index (κ3) is 3.85. The van der Waals surface area contributed by atoms with Crippen molar-refractivity contribution in [3.8, 4) is 11.5 Å². The summed E-state index contributed by atoms with van der Waals surface area (Å²) in [5.74, 6) is 1.73. The Hall–Kier alpha value is -1.79. The zero-order valence-corrected chi connectivity index (χ0v) is 16.8. The van der Waals surface area contributed by atoms with E-state index in [0.29, 0.717) is 6.54 Å². The van der Waals surface area contributed by atoms with Crippen LogP contribution in [-0.4, -0.2) is 47.9 Å². The van der Waals surface area contributed by atoms with Crippen molar-refractivity contribution in [3.05, 3.63) is 23.8 Å². The smallest absolute Gasteiger partial charge is 0.234 e. The Kier molecular flexibility index (Phi) is 5.78. The van der Waals surface area contributed by atoms with Gasteiger partial charge in [-0.25, -0.2) is 0 Å². The van der Waals surface area contributed by atoms with E-state index in [4.69, 9.17) is 9.47 Å². The normalized spacial score (nSPS) is 29.4. The maximum atomic E-state index is 12.5. The second-order valence-electron chi connectivity index (χ2n) is 8.44. The van der Waals surface area contributed by atoms with E-state index in [-0.39, 0.29) is 24.7 Å². The molecule has 2 fully saturated rings. The van der Waals surface area contributed by atoms with Crippen LogP contribution in [0, 0.1) is 5.92 Å². The Morgan fingerprint density at radius 3 is 3.00 bits per heavy atom. The molecule has 2 N–H and O–H groups in total. The summed E-state index contributed by atoms with van der Waals surface area (Å²) in [7, 11) is 0. The lowest BCUT2D eigenvalue weighted by Gasteiger charge is -2.52. The summed E-state index contributed by atoms with van der Waals surface area (Å²) in [5, 5.41) is 14.4. The van der Waals surface area contributed by atoms with Crippen LogP contribution in [-0.2, 0) is 4.79 Å². The van der Waals surface area contributed by atoms with E-state index in [1.165, 1.54) is 0 Å². The van der Waals surface area contributed by atoms with Crippen molar-refractivity contribution in [2.75, 3.05) is 26.4 Å². The van der Waals surface area contributed by atoms with E-state index in [1.54, 1.807) is 0 Å². The van der Waals surface area contributed by atoms with Crippen LogP contribution in [0.25, 0.3) is 0 Å². The molecule has 6 heteroatoms. The molecule has 3 aliphatic rings. The SMILES string of the molecule is CCCCNC(=O)CN1CCC2(O)CCCCC2[C@@H]1c1ccc2c(c1)OCO2. The minimum absolute atomic E-state index is 0.0190. The first-order valence-corrected chi connectivity index (χ1v) is 10.7. The molecule has 3 atom stereocenters. The van der Waals surface area contributed by atoms with Gasteiger partial charge in [-0.2, -0.15) is 0 Å². The molecule has 6 nitrogen and oxygen atoms in total. The molecular weight excluding hydrogens is 356 g/mol. The van der Waals surface area contributed by atoms with Gasteiger partial charge in [0.05, 0.1) is 12.1 Å². The summed E-state index contributed by atoms with van der Waals surface area (Å²) in [4.78, 5) is 14.8. The Morgan fingerprint density at radius 2 is 2.14 bits per heavy atom. The predicted molar refractivity (Wildman–Crippen MR) is 106 cm³/mol. The number of aliphatic hydroxyl groups is 1. The summed E-state index contributed by atoms with van der Waals surface area (Å²) in [6.07, 6.45) is 6.86. The molecule has 4 rings (SSSR count). The van der Waals surface area contributed by atoms with Gasteiger partial charge in [-0.1, -0.05) is 32.3 Å². The molecule has 0 aromatic heterocycles. The second kappa shape index (κ2) is 8.29. The minimum atomic E-state index is -0.630. The number of rotatable bonds is 6. The summed E-state index contributed by atoms with van der Waals surface area (Å²) < 4.78 is 11.1. The molecule has 28 heavy (non-hydrogen) atoms. The number of hydrogen-bond acceptors (Lipinski definition) is 5. The first kappa shape index (κ1) is 19.5. The molecule has 1 aromatic carbocycles. The number of benzene rings is 1. The van der Waals surface area contributed by atoms with E-state index in [9.17, 15) is 9.90 Å². The third-order valence-corrected chi connectivity index (χ3v) is 6.61. The fourth-order valence-electron chi connectivity index (χ4n) is 5.10. The van der Waals surface area contributed by atoms with Gasteiger partial charge in [-0.3, -0.25) is 9.69 Å². The molecule has 1 aliphatic carbocycles. The summed E-state index contributed by atoms with van der Waals surface area (Å²) in [5.41, 5.74) is 0.477. The summed E-state index contributed by atoms with van der Waals surface area (Å²) >= 11 is 0. The number of likely N-dealkylation sites (tertiary alicyclic amines) is 1. The monoisotopic (exact) mass is 388 g/mol. The number of carbonyl (C=O) groups is 1. The highest BCUT2D eigenvalue weighted by molar-refractivity contribution is 5.78. The van der Waals surface area contributed by atoms with Gasteiger partial charge in [0, 0.05) is 25.0 Å². The van der Waals surface area contributed by atoms with Gasteiger partial charge in [-0.15, -0.1) is 0 Å². The Morgan fingerprint density at radius 1 is 1.29 bits per heavy atom. The number of amides is 1. The predicted octanol–water partition coefficient (Wildman–Crippen LogP) is 3.00. The standard InChI is InChI=1S/C22H32N2O4/c1-2-3-11-23-20(25)14-24-12-10-22(26)9-5-4-6-17(22)21(24)16-7-8-18-19(13-16)28-15-27-18/h7-8,13,17,21,26H,2-6,9-12,14-15H2,1H3,(H,23,25)/t17?,21-,22?/m0/s1. The molecular formula is C22H32N2O4. The minimum Gasteiger partial charge on any atom is -0.454 e. The van der Waals surface area contributed by atoms with Crippen LogP contribution in [0.3, 0.4) is 0 Å². The van der Waals surface area contributed by atoms with Crippen LogP contribution in [0.4, 0.5) is 0 Å². The molecule has 0 bridgehead atoms. The third-order valence-electron chi connectivity index (χ3n) is 6.61. The maximum absolute atomic E-state index is 12.5. The van der Waals surface area contributed by atoms with Crippen LogP contribution in [0.1, 0.15) is 63.5 Å². The summed E-state index contributed by atoms with van der Waals surface area (Å²) in [6, 6.07) is 6.08. The number of fused-ring (bicyclic) bond motifs is 2. The average Bonchev–Trinajstić information content (AvgIpc) is 3.16. The van der Waals surface area contributed by atoms with Crippen LogP contribution in [0.15, 0.2) is 18.2 Å². The zero-order chi connectivity index (χ0) is 19.6. The zero-order valence-electron chi connectivity index (χ0n) is 16.8. The van der Waals surface area contributed by atoms with Gasteiger partial charge in [0.2, 0.25) is 12.7 Å². The molecule has 2 unspecified atom stereocenters. The fourth-order valence-corrected chi connectivity index (χ4v) is 5.10. The highest BCUT2D eigenvalue weighted by Crippen LogP contribution is 2.50. The van der Waals surface area contributed by atoms with Crippen LogP contribution >= 0.6 is 0 Å². The van der Waals surface area contributed by atoms with Gasteiger partial charge in [0.15, 0.2) is 11.5 Å². The second-order valence-corrected chi connectivity index (χ2v) is 8.44. The van der Waals surface area contributed by atoms with Crippen LogP contribution in [0.2, 0.25) is 0 Å². The van der Waals surface area contributed by atoms with Crippen LogP contribution < -0.4 is 14.8 Å². The van der Waals surface area contributed by atoms with Gasteiger partial charge in [-0.05, 0) is 43.4 Å². The Balaban J connectivity index is 1.58. The fraction of sp³-hybridized carbons (Fsp3) is 0.682. The highest BCUT2D eigenvalue weighted by atomic mass is 16.7. The largest absolute Gasteiger partial charge is 0.454 e. The van der Waals surface area contributed by atoms with Crippen molar-refractivity contribution >= 4 is 5.91 Å². The van der Waals surface area contributed by atoms with E-state index in [0.717, 1.165) is 75.1 Å². The van der Waals surface area contributed by atoms with Gasteiger partial charge in [0.25, 0.3) is 0 Å². The molecule has 154 valence electrons. The molecule has 1 amide bonds. The summed E-state index contributed by atoms with van der Waals surface area (Å²) in [6.45, 7) is 4.20. The van der Waals surface area contributed by atoms with Gasteiger partial charge >= 0.3 is 0 Å². The number of nitrogens with zero attached hydrogens (tertiary/aromatic N) is 1. The Bertz CT molecular complexity index is 710. The lowest BCUT2D eigenvalue weighted by Crippen LogP contribution is -2.56. The van der Waals surface area contributed by atoms with Crippen molar-refractivity contribution < 1.29 is 19.4 Å². The first-order valence-electron chi connectivity index (χ1n) is 10.7. The van der Waals surface area contributed by atoms with E-state index in [2.05, 4.69) is 23.2 Å². The number of nitrogens with one attached hydrogen (secondary N) is 1. The van der Waals surface area contributed by atoms with Crippen molar-refractivity contribution in [3.63, 3.8) is 0 Å². The first-order chi connectivity index (χ1) is 13.6. The lowest BCUT2D eigenvalue weighted by atomic mass is 9.66.